The fourth-order valence-electron chi connectivity index (χ4n) is 1.85. The van der Waals surface area contributed by atoms with Gasteiger partial charge in [-0.15, -0.1) is 0 Å². The van der Waals surface area contributed by atoms with E-state index in [-0.39, 0.29) is 11.6 Å². The van der Waals surface area contributed by atoms with Crippen molar-refractivity contribution < 1.29 is 8.78 Å². The lowest BCUT2D eigenvalue weighted by Gasteiger charge is -2.15. The molecular formula is C14H11Br2F2N. The molecule has 2 aromatic carbocycles. The Morgan fingerprint density at radius 1 is 1.05 bits per heavy atom. The highest BCUT2D eigenvalue weighted by atomic mass is 79.9. The summed E-state index contributed by atoms with van der Waals surface area (Å²) in [6.07, 6.45) is 0.353. The molecule has 2 N–H and O–H groups in total. The summed E-state index contributed by atoms with van der Waals surface area (Å²) in [5, 5.41) is 0. The van der Waals surface area contributed by atoms with Crippen molar-refractivity contribution in [2.75, 3.05) is 0 Å². The fraction of sp³-hybridized carbons (Fsp3) is 0.143. The Morgan fingerprint density at radius 3 is 2.53 bits per heavy atom. The maximum atomic E-state index is 13.9. The summed E-state index contributed by atoms with van der Waals surface area (Å²) in [4.78, 5) is 0. The molecule has 1 atom stereocenters. The molecule has 2 rings (SSSR count). The van der Waals surface area contributed by atoms with E-state index < -0.39 is 6.04 Å². The standard InChI is InChI=1S/C14H11Br2F2N/c15-11-5-4-9(17)6-8(11)7-13(19)10-2-1-3-12(16)14(10)18/h1-6,13H,7,19H2. The van der Waals surface area contributed by atoms with Crippen LogP contribution in [0, 0.1) is 11.6 Å². The number of rotatable bonds is 3. The first-order valence-electron chi connectivity index (χ1n) is 5.62. The SMILES string of the molecule is NC(Cc1cc(F)ccc1Br)c1cccc(Br)c1F. The van der Waals surface area contributed by atoms with Crippen LogP contribution in [0.15, 0.2) is 45.3 Å². The molecule has 0 bridgehead atoms. The van der Waals surface area contributed by atoms with E-state index in [4.69, 9.17) is 5.73 Å². The van der Waals surface area contributed by atoms with Crippen molar-refractivity contribution in [3.05, 3.63) is 68.1 Å². The Balaban J connectivity index is 2.28. The van der Waals surface area contributed by atoms with Gasteiger partial charge in [-0.1, -0.05) is 28.1 Å². The van der Waals surface area contributed by atoms with Gasteiger partial charge in [-0.05, 0) is 52.2 Å². The summed E-state index contributed by atoms with van der Waals surface area (Å²) in [7, 11) is 0. The van der Waals surface area contributed by atoms with Gasteiger partial charge in [0.15, 0.2) is 0 Å². The third-order valence-corrected chi connectivity index (χ3v) is 4.21. The first-order chi connectivity index (χ1) is 8.99. The van der Waals surface area contributed by atoms with Gasteiger partial charge in [0.25, 0.3) is 0 Å². The van der Waals surface area contributed by atoms with E-state index in [0.717, 1.165) is 4.47 Å². The van der Waals surface area contributed by atoms with E-state index in [2.05, 4.69) is 31.9 Å². The predicted octanol–water partition coefficient (Wildman–Crippen LogP) is 4.73. The molecule has 0 saturated carbocycles. The van der Waals surface area contributed by atoms with E-state index >= 15 is 0 Å². The Hall–Kier alpha value is -0.780. The number of halogens is 4. The minimum Gasteiger partial charge on any atom is -0.324 e. The number of hydrogen-bond acceptors (Lipinski definition) is 1. The lowest BCUT2D eigenvalue weighted by Crippen LogP contribution is -2.15. The monoisotopic (exact) mass is 389 g/mol. The topological polar surface area (TPSA) is 26.0 Å². The zero-order valence-corrected chi connectivity index (χ0v) is 13.0. The van der Waals surface area contributed by atoms with E-state index in [1.807, 2.05) is 0 Å². The minimum absolute atomic E-state index is 0.333. The van der Waals surface area contributed by atoms with Gasteiger partial charge in [0.05, 0.1) is 4.47 Å². The molecule has 5 heteroatoms. The van der Waals surface area contributed by atoms with Crippen molar-refractivity contribution in [1.82, 2.24) is 0 Å². The van der Waals surface area contributed by atoms with Gasteiger partial charge in [0.2, 0.25) is 0 Å². The molecule has 0 radical (unpaired) electrons. The molecule has 0 aliphatic heterocycles. The van der Waals surface area contributed by atoms with Crippen LogP contribution >= 0.6 is 31.9 Å². The van der Waals surface area contributed by atoms with Gasteiger partial charge in [0.1, 0.15) is 11.6 Å². The first-order valence-corrected chi connectivity index (χ1v) is 7.21. The largest absolute Gasteiger partial charge is 0.324 e. The Kier molecular flexibility index (Phi) is 4.71. The van der Waals surface area contributed by atoms with Gasteiger partial charge < -0.3 is 5.73 Å². The predicted molar refractivity (Wildman–Crippen MR) is 78.8 cm³/mol. The number of benzene rings is 2. The van der Waals surface area contributed by atoms with Crippen molar-refractivity contribution in [2.45, 2.75) is 12.5 Å². The normalized spacial score (nSPS) is 12.5. The zero-order chi connectivity index (χ0) is 14.0. The second-order valence-corrected chi connectivity index (χ2v) is 5.90. The van der Waals surface area contributed by atoms with Crippen molar-refractivity contribution in [3.8, 4) is 0 Å². The Bertz CT molecular complexity index is 602. The molecule has 0 aliphatic carbocycles. The summed E-state index contributed by atoms with van der Waals surface area (Å²) >= 11 is 6.47. The maximum absolute atomic E-state index is 13.9. The fourth-order valence-corrected chi connectivity index (χ4v) is 2.64. The summed E-state index contributed by atoms with van der Waals surface area (Å²) in [5.74, 6) is -0.706. The van der Waals surface area contributed by atoms with Gasteiger partial charge in [0, 0.05) is 16.1 Å². The average molecular weight is 391 g/mol. The molecule has 0 spiro atoms. The smallest absolute Gasteiger partial charge is 0.142 e. The van der Waals surface area contributed by atoms with E-state index in [9.17, 15) is 8.78 Å². The van der Waals surface area contributed by atoms with Gasteiger partial charge in [-0.2, -0.15) is 0 Å². The van der Waals surface area contributed by atoms with Crippen molar-refractivity contribution in [3.63, 3.8) is 0 Å². The van der Waals surface area contributed by atoms with Crippen LogP contribution in [0.5, 0.6) is 0 Å². The average Bonchev–Trinajstić information content (AvgIpc) is 2.37. The third kappa shape index (κ3) is 3.41. The Labute approximate surface area is 127 Å². The van der Waals surface area contributed by atoms with Gasteiger partial charge in [-0.25, -0.2) is 8.78 Å². The summed E-state index contributed by atoms with van der Waals surface area (Å²) in [6, 6.07) is 8.83. The lowest BCUT2D eigenvalue weighted by molar-refractivity contribution is 0.573. The molecule has 0 amide bonds. The van der Waals surface area contributed by atoms with Crippen molar-refractivity contribution in [2.24, 2.45) is 5.73 Å². The first kappa shape index (κ1) is 14.6. The van der Waals surface area contributed by atoms with Crippen LogP contribution in [0.3, 0.4) is 0 Å². The molecule has 0 heterocycles. The quantitative estimate of drug-likeness (QED) is 0.805. The van der Waals surface area contributed by atoms with E-state index in [0.29, 0.717) is 22.0 Å². The van der Waals surface area contributed by atoms with Crippen LogP contribution in [-0.4, -0.2) is 0 Å². The maximum Gasteiger partial charge on any atom is 0.142 e. The van der Waals surface area contributed by atoms with Gasteiger partial charge in [-0.3, -0.25) is 0 Å². The van der Waals surface area contributed by atoms with E-state index in [1.165, 1.54) is 12.1 Å². The molecule has 19 heavy (non-hydrogen) atoms. The molecule has 0 aromatic heterocycles. The van der Waals surface area contributed by atoms with Crippen molar-refractivity contribution >= 4 is 31.9 Å². The molecule has 0 saturated heterocycles. The summed E-state index contributed by atoms with van der Waals surface area (Å²) in [6.45, 7) is 0. The molecule has 100 valence electrons. The molecule has 0 aliphatic rings. The third-order valence-electron chi connectivity index (χ3n) is 2.83. The highest BCUT2D eigenvalue weighted by Gasteiger charge is 2.15. The molecule has 1 unspecified atom stereocenters. The zero-order valence-electron chi connectivity index (χ0n) is 9.84. The van der Waals surface area contributed by atoms with Crippen LogP contribution in [0.2, 0.25) is 0 Å². The van der Waals surface area contributed by atoms with Crippen LogP contribution in [0.25, 0.3) is 0 Å². The minimum atomic E-state index is -0.532. The Morgan fingerprint density at radius 2 is 1.79 bits per heavy atom. The second-order valence-electron chi connectivity index (χ2n) is 4.19. The van der Waals surface area contributed by atoms with E-state index in [1.54, 1.807) is 24.3 Å². The molecule has 2 aromatic rings. The van der Waals surface area contributed by atoms with Crippen molar-refractivity contribution in [1.29, 1.82) is 0 Å². The highest BCUT2D eigenvalue weighted by Crippen LogP contribution is 2.27. The van der Waals surface area contributed by atoms with Crippen LogP contribution < -0.4 is 5.73 Å². The van der Waals surface area contributed by atoms with Gasteiger partial charge >= 0.3 is 0 Å². The molecule has 1 nitrogen and oxygen atoms in total. The summed E-state index contributed by atoms with van der Waals surface area (Å²) in [5.41, 5.74) is 7.13. The number of hydrogen-bond donors (Lipinski definition) is 1. The summed E-state index contributed by atoms with van der Waals surface area (Å²) < 4.78 is 28.3. The lowest BCUT2D eigenvalue weighted by atomic mass is 9.99. The highest BCUT2D eigenvalue weighted by molar-refractivity contribution is 9.10. The van der Waals surface area contributed by atoms with Crippen LogP contribution in [-0.2, 0) is 6.42 Å². The second kappa shape index (κ2) is 6.11. The molecular weight excluding hydrogens is 380 g/mol. The molecule has 0 fully saturated rings. The van der Waals surface area contributed by atoms with Crippen LogP contribution in [0.1, 0.15) is 17.2 Å². The number of nitrogens with two attached hydrogens (primary N) is 1. The van der Waals surface area contributed by atoms with Crippen LogP contribution in [0.4, 0.5) is 8.78 Å².